The van der Waals surface area contributed by atoms with Crippen molar-refractivity contribution in [2.75, 3.05) is 17.2 Å². The Morgan fingerprint density at radius 3 is 2.63 bits per heavy atom. The standard InChI is InChI=1S/C14H14FN3O/c1-2-17-11-5-3-10(4-6-11)14(19)18-13-7-8-16-9-12(13)15/h3-9,17H,2H2,1H3,(H,16,18,19). The predicted molar refractivity (Wildman–Crippen MR) is 72.8 cm³/mol. The number of pyridine rings is 1. The summed E-state index contributed by atoms with van der Waals surface area (Å²) in [6.07, 6.45) is 2.48. The van der Waals surface area contributed by atoms with Crippen molar-refractivity contribution in [1.29, 1.82) is 0 Å². The van der Waals surface area contributed by atoms with Gasteiger partial charge in [-0.15, -0.1) is 0 Å². The normalized spacial score (nSPS) is 10.0. The summed E-state index contributed by atoms with van der Waals surface area (Å²) in [6, 6.07) is 8.40. The van der Waals surface area contributed by atoms with Crippen LogP contribution in [0.4, 0.5) is 15.8 Å². The first-order valence-corrected chi connectivity index (χ1v) is 5.95. The van der Waals surface area contributed by atoms with Gasteiger partial charge in [-0.1, -0.05) is 0 Å². The molecule has 0 radical (unpaired) electrons. The Labute approximate surface area is 110 Å². The van der Waals surface area contributed by atoms with E-state index >= 15 is 0 Å². The zero-order chi connectivity index (χ0) is 13.7. The van der Waals surface area contributed by atoms with Gasteiger partial charge in [-0.05, 0) is 37.3 Å². The van der Waals surface area contributed by atoms with Gasteiger partial charge in [0.05, 0.1) is 11.9 Å². The van der Waals surface area contributed by atoms with E-state index in [2.05, 4.69) is 15.6 Å². The van der Waals surface area contributed by atoms with Crippen molar-refractivity contribution in [3.05, 3.63) is 54.1 Å². The van der Waals surface area contributed by atoms with Crippen LogP contribution < -0.4 is 10.6 Å². The minimum atomic E-state index is -0.555. The van der Waals surface area contributed by atoms with E-state index in [1.165, 1.54) is 12.3 Å². The van der Waals surface area contributed by atoms with Crippen molar-refractivity contribution < 1.29 is 9.18 Å². The molecule has 0 saturated carbocycles. The maximum absolute atomic E-state index is 13.3. The number of benzene rings is 1. The van der Waals surface area contributed by atoms with Crippen molar-refractivity contribution in [3.8, 4) is 0 Å². The molecular formula is C14H14FN3O. The monoisotopic (exact) mass is 259 g/mol. The number of halogens is 1. The number of anilines is 2. The van der Waals surface area contributed by atoms with Crippen molar-refractivity contribution in [2.45, 2.75) is 6.92 Å². The molecule has 0 aliphatic rings. The van der Waals surface area contributed by atoms with Gasteiger partial charge in [0, 0.05) is 24.0 Å². The van der Waals surface area contributed by atoms with Gasteiger partial charge < -0.3 is 10.6 Å². The number of carbonyl (C=O) groups excluding carboxylic acids is 1. The molecule has 1 aromatic carbocycles. The lowest BCUT2D eigenvalue weighted by atomic mass is 10.2. The van der Waals surface area contributed by atoms with E-state index in [4.69, 9.17) is 0 Å². The van der Waals surface area contributed by atoms with Crippen molar-refractivity contribution in [2.24, 2.45) is 0 Å². The number of hydrogen-bond acceptors (Lipinski definition) is 3. The number of nitrogens with one attached hydrogen (secondary N) is 2. The maximum Gasteiger partial charge on any atom is 0.255 e. The Kier molecular flexibility index (Phi) is 4.07. The third kappa shape index (κ3) is 3.28. The number of amides is 1. The zero-order valence-corrected chi connectivity index (χ0v) is 10.5. The van der Waals surface area contributed by atoms with Crippen molar-refractivity contribution >= 4 is 17.3 Å². The van der Waals surface area contributed by atoms with Gasteiger partial charge in [0.1, 0.15) is 0 Å². The number of carbonyl (C=O) groups is 1. The van der Waals surface area contributed by atoms with E-state index in [-0.39, 0.29) is 11.6 Å². The predicted octanol–water partition coefficient (Wildman–Crippen LogP) is 2.90. The van der Waals surface area contributed by atoms with Crippen LogP contribution in [0.3, 0.4) is 0 Å². The summed E-state index contributed by atoms with van der Waals surface area (Å²) in [4.78, 5) is 15.5. The summed E-state index contributed by atoms with van der Waals surface area (Å²) in [5, 5.41) is 5.64. The van der Waals surface area contributed by atoms with Gasteiger partial charge >= 0.3 is 0 Å². The molecule has 2 N–H and O–H groups in total. The van der Waals surface area contributed by atoms with Crippen LogP contribution >= 0.6 is 0 Å². The first-order chi connectivity index (χ1) is 9.20. The molecule has 1 heterocycles. The van der Waals surface area contributed by atoms with E-state index in [0.29, 0.717) is 5.56 Å². The molecule has 98 valence electrons. The molecule has 0 aliphatic carbocycles. The van der Waals surface area contributed by atoms with Gasteiger partial charge in [0.2, 0.25) is 0 Å². The minimum absolute atomic E-state index is 0.121. The molecule has 2 rings (SSSR count). The van der Waals surface area contributed by atoms with Crippen LogP contribution in [0.1, 0.15) is 17.3 Å². The topological polar surface area (TPSA) is 54.0 Å². The summed E-state index contributed by atoms with van der Waals surface area (Å²) >= 11 is 0. The third-order valence-electron chi connectivity index (χ3n) is 2.55. The highest BCUT2D eigenvalue weighted by molar-refractivity contribution is 6.04. The molecule has 0 spiro atoms. The fourth-order valence-electron chi connectivity index (χ4n) is 1.61. The zero-order valence-electron chi connectivity index (χ0n) is 10.5. The van der Waals surface area contributed by atoms with Gasteiger partial charge in [-0.3, -0.25) is 9.78 Å². The fourth-order valence-corrected chi connectivity index (χ4v) is 1.61. The summed E-state index contributed by atoms with van der Waals surface area (Å²) in [5.74, 6) is -0.909. The molecule has 2 aromatic rings. The van der Waals surface area contributed by atoms with Crippen LogP contribution in [0.25, 0.3) is 0 Å². The summed E-state index contributed by atoms with van der Waals surface area (Å²) < 4.78 is 13.3. The molecule has 5 heteroatoms. The highest BCUT2D eigenvalue weighted by Gasteiger charge is 2.08. The summed E-state index contributed by atoms with van der Waals surface area (Å²) in [7, 11) is 0. The molecule has 0 unspecified atom stereocenters. The van der Waals surface area contributed by atoms with E-state index in [0.717, 1.165) is 18.4 Å². The number of rotatable bonds is 4. The second kappa shape index (κ2) is 5.95. The van der Waals surface area contributed by atoms with E-state index in [1.807, 2.05) is 6.92 Å². The molecule has 0 bridgehead atoms. The molecule has 1 amide bonds. The second-order valence-corrected chi connectivity index (χ2v) is 3.92. The first kappa shape index (κ1) is 13.0. The Morgan fingerprint density at radius 2 is 2.00 bits per heavy atom. The average Bonchev–Trinajstić information content (AvgIpc) is 2.42. The SMILES string of the molecule is CCNc1ccc(C(=O)Nc2ccncc2F)cc1. The Hall–Kier alpha value is -2.43. The summed E-state index contributed by atoms with van der Waals surface area (Å²) in [6.45, 7) is 2.81. The Balaban J connectivity index is 2.10. The molecular weight excluding hydrogens is 245 g/mol. The fraction of sp³-hybridized carbons (Fsp3) is 0.143. The van der Waals surface area contributed by atoms with Gasteiger partial charge in [-0.2, -0.15) is 0 Å². The first-order valence-electron chi connectivity index (χ1n) is 5.95. The van der Waals surface area contributed by atoms with E-state index in [1.54, 1.807) is 24.3 Å². The number of aromatic nitrogens is 1. The van der Waals surface area contributed by atoms with Gasteiger partial charge in [0.15, 0.2) is 5.82 Å². The van der Waals surface area contributed by atoms with Crippen LogP contribution in [-0.2, 0) is 0 Å². The lowest BCUT2D eigenvalue weighted by molar-refractivity contribution is 0.102. The highest BCUT2D eigenvalue weighted by Crippen LogP contribution is 2.14. The van der Waals surface area contributed by atoms with Gasteiger partial charge in [-0.25, -0.2) is 4.39 Å². The largest absolute Gasteiger partial charge is 0.385 e. The molecule has 0 fully saturated rings. The van der Waals surface area contributed by atoms with Crippen LogP contribution in [0.15, 0.2) is 42.7 Å². The van der Waals surface area contributed by atoms with E-state index in [9.17, 15) is 9.18 Å². The van der Waals surface area contributed by atoms with Crippen LogP contribution in [0, 0.1) is 5.82 Å². The summed E-state index contributed by atoms with van der Waals surface area (Å²) in [5.41, 5.74) is 1.53. The molecule has 0 atom stereocenters. The van der Waals surface area contributed by atoms with E-state index < -0.39 is 5.82 Å². The molecule has 0 aliphatic heterocycles. The van der Waals surface area contributed by atoms with Crippen LogP contribution in [0.2, 0.25) is 0 Å². The third-order valence-corrected chi connectivity index (χ3v) is 2.55. The average molecular weight is 259 g/mol. The maximum atomic E-state index is 13.3. The smallest absolute Gasteiger partial charge is 0.255 e. The Morgan fingerprint density at radius 1 is 1.26 bits per heavy atom. The lowest BCUT2D eigenvalue weighted by Gasteiger charge is -2.07. The van der Waals surface area contributed by atoms with Crippen molar-refractivity contribution in [3.63, 3.8) is 0 Å². The molecule has 19 heavy (non-hydrogen) atoms. The number of hydrogen-bond donors (Lipinski definition) is 2. The molecule has 4 nitrogen and oxygen atoms in total. The minimum Gasteiger partial charge on any atom is -0.385 e. The quantitative estimate of drug-likeness (QED) is 0.887. The second-order valence-electron chi connectivity index (χ2n) is 3.92. The number of nitrogens with zero attached hydrogens (tertiary/aromatic N) is 1. The van der Waals surface area contributed by atoms with Crippen LogP contribution in [0.5, 0.6) is 0 Å². The lowest BCUT2D eigenvalue weighted by Crippen LogP contribution is -2.13. The molecule has 0 saturated heterocycles. The van der Waals surface area contributed by atoms with Crippen LogP contribution in [-0.4, -0.2) is 17.4 Å². The highest BCUT2D eigenvalue weighted by atomic mass is 19.1. The Bertz CT molecular complexity index is 569. The van der Waals surface area contributed by atoms with Gasteiger partial charge in [0.25, 0.3) is 5.91 Å². The molecule has 1 aromatic heterocycles. The van der Waals surface area contributed by atoms with Crippen molar-refractivity contribution in [1.82, 2.24) is 4.98 Å².